The predicted octanol–water partition coefficient (Wildman–Crippen LogP) is -0.248. The molecule has 6 nitrogen and oxygen atoms in total. The fraction of sp³-hybridized carbons (Fsp3) is 0.692. The van der Waals surface area contributed by atoms with Gasteiger partial charge in [0, 0.05) is 35.1 Å². The van der Waals surface area contributed by atoms with Gasteiger partial charge in [0.1, 0.15) is 0 Å². The number of nitrogens with zero attached hydrogens (tertiary/aromatic N) is 2. The Balaban J connectivity index is 1.54. The van der Waals surface area contributed by atoms with Crippen LogP contribution >= 0.6 is 24.4 Å². The van der Waals surface area contributed by atoms with E-state index in [-0.39, 0.29) is 10.2 Å². The molecule has 0 aromatic rings. The molecule has 2 bridgehead atoms. The van der Waals surface area contributed by atoms with E-state index >= 15 is 0 Å². The van der Waals surface area contributed by atoms with Crippen molar-refractivity contribution in [3.05, 3.63) is 0 Å². The maximum atomic E-state index is 5.52. The minimum absolute atomic E-state index is 0.241. The molecule has 8 atom stereocenters. The van der Waals surface area contributed by atoms with Crippen LogP contribution in [0, 0.1) is 47.3 Å². The second kappa shape index (κ2) is 3.73. The number of fused-ring (bicyclic) bond motifs is 2. The molecular formula is C13H16N6S2. The second-order valence-corrected chi connectivity index (χ2v) is 7.73. The molecule has 5 saturated carbocycles. The van der Waals surface area contributed by atoms with Gasteiger partial charge in [-0.2, -0.15) is 10.2 Å². The zero-order valence-electron chi connectivity index (χ0n) is 11.2. The Labute approximate surface area is 132 Å². The number of hydrazone groups is 2. The molecule has 21 heavy (non-hydrogen) atoms. The lowest BCUT2D eigenvalue weighted by Crippen LogP contribution is -2.49. The third kappa shape index (κ3) is 1.25. The molecule has 6 N–H and O–H groups in total. The summed E-state index contributed by atoms with van der Waals surface area (Å²) >= 11 is 9.75. The van der Waals surface area contributed by atoms with Crippen LogP contribution in [0.25, 0.3) is 0 Å². The van der Waals surface area contributed by atoms with E-state index in [9.17, 15) is 0 Å². The summed E-state index contributed by atoms with van der Waals surface area (Å²) in [5.74, 6) is 5.30. The summed E-state index contributed by atoms with van der Waals surface area (Å²) in [4.78, 5) is 0. The molecule has 5 aliphatic rings. The molecule has 110 valence electrons. The van der Waals surface area contributed by atoms with Gasteiger partial charge in [0.2, 0.25) is 0 Å². The van der Waals surface area contributed by atoms with Gasteiger partial charge in [0.05, 0.1) is 0 Å². The lowest BCUT2D eigenvalue weighted by molar-refractivity contribution is 0.0654. The maximum Gasteiger partial charge on any atom is 0.184 e. The lowest BCUT2D eigenvalue weighted by Gasteiger charge is -2.44. The highest BCUT2D eigenvalue weighted by Gasteiger charge is 2.82. The molecule has 0 saturated heterocycles. The van der Waals surface area contributed by atoms with Crippen LogP contribution < -0.4 is 22.3 Å². The maximum absolute atomic E-state index is 5.52. The van der Waals surface area contributed by atoms with Crippen LogP contribution in [0.5, 0.6) is 0 Å². The van der Waals surface area contributed by atoms with Crippen LogP contribution in [-0.4, -0.2) is 21.6 Å². The Morgan fingerprint density at radius 2 is 1.29 bits per heavy atom. The molecular weight excluding hydrogens is 304 g/mol. The van der Waals surface area contributed by atoms with E-state index in [1.165, 1.54) is 17.8 Å². The highest BCUT2D eigenvalue weighted by Crippen LogP contribution is 2.80. The summed E-state index contributed by atoms with van der Waals surface area (Å²) in [6.07, 6.45) is 1.33. The van der Waals surface area contributed by atoms with Gasteiger partial charge < -0.3 is 11.5 Å². The number of rotatable bonds is 2. The molecule has 0 spiro atoms. The van der Waals surface area contributed by atoms with Crippen LogP contribution in [0.1, 0.15) is 6.42 Å². The Hall–Kier alpha value is -1.28. The smallest absolute Gasteiger partial charge is 0.184 e. The largest absolute Gasteiger partial charge is 0.375 e. The summed E-state index contributed by atoms with van der Waals surface area (Å²) in [6.45, 7) is 0. The zero-order valence-corrected chi connectivity index (χ0v) is 12.8. The standard InChI is InChI=1S/C13H16N6S2/c14-12(20)18-16-10-6-2-1-3-5-4(2)8(10)9(5)11(7(3)6)17-19-13(15)21/h2-9H,1H2,(H3,14,18,20)(H3,15,19,21)/b16-10+,17-11+. The van der Waals surface area contributed by atoms with Crippen molar-refractivity contribution < 1.29 is 0 Å². The monoisotopic (exact) mass is 320 g/mol. The Bertz CT molecular complexity index is 585. The van der Waals surface area contributed by atoms with E-state index in [0.29, 0.717) is 23.7 Å². The molecule has 8 unspecified atom stereocenters. The summed E-state index contributed by atoms with van der Waals surface area (Å²) in [5.41, 5.74) is 19.2. The normalized spacial score (nSPS) is 53.5. The molecule has 8 heteroatoms. The molecule has 0 aliphatic heterocycles. The van der Waals surface area contributed by atoms with Crippen molar-refractivity contribution in [3.8, 4) is 0 Å². The SMILES string of the molecule is NC(=S)N/N=C1\C2C3CC4C2/C(=N\NC(N)=S)C2C1C3C42. The van der Waals surface area contributed by atoms with Crippen molar-refractivity contribution in [1.29, 1.82) is 0 Å². The average Bonchev–Trinajstić information content (AvgIpc) is 2.91. The minimum Gasteiger partial charge on any atom is -0.375 e. The first-order valence-corrected chi connectivity index (χ1v) is 8.17. The highest BCUT2D eigenvalue weighted by molar-refractivity contribution is 7.80. The number of nitrogens with one attached hydrogen (secondary N) is 2. The first-order valence-electron chi connectivity index (χ1n) is 7.35. The lowest BCUT2D eigenvalue weighted by atomic mass is 9.59. The van der Waals surface area contributed by atoms with E-state index in [2.05, 4.69) is 21.1 Å². The third-order valence-electron chi connectivity index (χ3n) is 6.46. The first-order chi connectivity index (χ1) is 10.1. The van der Waals surface area contributed by atoms with E-state index in [0.717, 1.165) is 23.7 Å². The molecule has 0 amide bonds. The molecule has 0 aromatic heterocycles. The summed E-state index contributed by atoms with van der Waals surface area (Å²) < 4.78 is 0. The molecule has 5 aliphatic carbocycles. The van der Waals surface area contributed by atoms with Gasteiger partial charge in [-0.15, -0.1) is 0 Å². The summed E-state index contributed by atoms with van der Waals surface area (Å²) in [5, 5.41) is 9.57. The Morgan fingerprint density at radius 3 is 1.67 bits per heavy atom. The van der Waals surface area contributed by atoms with Crippen molar-refractivity contribution in [3.63, 3.8) is 0 Å². The van der Waals surface area contributed by atoms with Crippen molar-refractivity contribution >= 4 is 46.1 Å². The predicted molar refractivity (Wildman–Crippen MR) is 87.2 cm³/mol. The van der Waals surface area contributed by atoms with Crippen LogP contribution in [0.2, 0.25) is 0 Å². The number of thiocarbonyl (C=S) groups is 2. The highest BCUT2D eigenvalue weighted by atomic mass is 32.1. The summed E-state index contributed by atoms with van der Waals surface area (Å²) in [6, 6.07) is 0. The van der Waals surface area contributed by atoms with Crippen molar-refractivity contribution in [2.24, 2.45) is 69.0 Å². The molecule has 5 rings (SSSR count). The molecule has 5 fully saturated rings. The van der Waals surface area contributed by atoms with Gasteiger partial charge in [0.25, 0.3) is 0 Å². The van der Waals surface area contributed by atoms with Gasteiger partial charge in [0.15, 0.2) is 10.2 Å². The second-order valence-electron chi connectivity index (χ2n) is 6.85. The van der Waals surface area contributed by atoms with Crippen LogP contribution in [0.3, 0.4) is 0 Å². The van der Waals surface area contributed by atoms with Crippen molar-refractivity contribution in [1.82, 2.24) is 10.9 Å². The van der Waals surface area contributed by atoms with Crippen molar-refractivity contribution in [2.75, 3.05) is 0 Å². The van der Waals surface area contributed by atoms with Gasteiger partial charge >= 0.3 is 0 Å². The van der Waals surface area contributed by atoms with Gasteiger partial charge in [-0.3, -0.25) is 10.9 Å². The van der Waals surface area contributed by atoms with Crippen molar-refractivity contribution in [2.45, 2.75) is 6.42 Å². The molecule has 0 radical (unpaired) electrons. The van der Waals surface area contributed by atoms with Crippen LogP contribution in [0.15, 0.2) is 10.2 Å². The summed E-state index contributed by atoms with van der Waals surface area (Å²) in [7, 11) is 0. The number of hydrogen-bond donors (Lipinski definition) is 4. The fourth-order valence-corrected chi connectivity index (χ4v) is 6.49. The van der Waals surface area contributed by atoms with E-state index in [1.54, 1.807) is 0 Å². The fourth-order valence-electron chi connectivity index (χ4n) is 6.40. The first kappa shape index (κ1) is 12.3. The molecule has 0 heterocycles. The Kier molecular flexibility index (Phi) is 2.18. The van der Waals surface area contributed by atoms with Gasteiger partial charge in [-0.05, 0) is 54.5 Å². The average molecular weight is 320 g/mol. The van der Waals surface area contributed by atoms with E-state index in [1.807, 2.05) is 0 Å². The van der Waals surface area contributed by atoms with Crippen LogP contribution in [-0.2, 0) is 0 Å². The zero-order chi connectivity index (χ0) is 14.5. The van der Waals surface area contributed by atoms with E-state index in [4.69, 9.17) is 35.9 Å². The topological polar surface area (TPSA) is 101 Å². The van der Waals surface area contributed by atoms with Gasteiger partial charge in [-0.25, -0.2) is 0 Å². The van der Waals surface area contributed by atoms with E-state index < -0.39 is 0 Å². The minimum atomic E-state index is 0.241. The Morgan fingerprint density at radius 1 is 0.857 bits per heavy atom. The number of hydrogen-bond acceptors (Lipinski definition) is 4. The third-order valence-corrected chi connectivity index (χ3v) is 6.64. The molecule has 0 aromatic carbocycles. The van der Waals surface area contributed by atoms with Gasteiger partial charge in [-0.1, -0.05) is 0 Å². The number of nitrogens with two attached hydrogens (primary N) is 2. The quantitative estimate of drug-likeness (QED) is 0.414. The van der Waals surface area contributed by atoms with Crippen LogP contribution in [0.4, 0.5) is 0 Å².